The number of aromatic nitrogens is 1. The van der Waals surface area contributed by atoms with Crippen molar-refractivity contribution >= 4 is 43.4 Å². The van der Waals surface area contributed by atoms with E-state index in [-0.39, 0.29) is 18.1 Å². The third kappa shape index (κ3) is 6.07. The minimum atomic E-state index is -3.82. The van der Waals surface area contributed by atoms with Crippen molar-refractivity contribution in [3.05, 3.63) is 59.1 Å². The SMILES string of the molecule is Cc1ccc(S(=O)(=O)N(C)CC(=O)NNC(=O)COCc2nc3ccccc3s2)cc1. The van der Waals surface area contributed by atoms with Crippen LogP contribution < -0.4 is 10.9 Å². The number of likely N-dealkylation sites (N-methyl/N-ethyl adjacent to an activating group) is 1. The average Bonchev–Trinajstić information content (AvgIpc) is 3.15. The van der Waals surface area contributed by atoms with Gasteiger partial charge in [-0.2, -0.15) is 4.31 Å². The molecule has 3 aromatic rings. The molecule has 164 valence electrons. The summed E-state index contributed by atoms with van der Waals surface area (Å²) in [5.74, 6) is -1.25. The van der Waals surface area contributed by atoms with Gasteiger partial charge in [-0.15, -0.1) is 11.3 Å². The molecule has 0 saturated carbocycles. The molecule has 0 fully saturated rings. The van der Waals surface area contributed by atoms with E-state index < -0.39 is 28.4 Å². The first kappa shape index (κ1) is 22.8. The van der Waals surface area contributed by atoms with E-state index in [9.17, 15) is 18.0 Å². The van der Waals surface area contributed by atoms with Crippen molar-refractivity contribution < 1.29 is 22.7 Å². The van der Waals surface area contributed by atoms with E-state index in [4.69, 9.17) is 4.74 Å². The number of benzene rings is 2. The Morgan fingerprint density at radius 2 is 1.74 bits per heavy atom. The van der Waals surface area contributed by atoms with E-state index in [0.717, 1.165) is 25.1 Å². The molecular weight excluding hydrogens is 440 g/mol. The third-order valence-corrected chi connectivity index (χ3v) is 7.06. The largest absolute Gasteiger partial charge is 0.364 e. The number of rotatable bonds is 8. The Morgan fingerprint density at radius 1 is 1.06 bits per heavy atom. The van der Waals surface area contributed by atoms with Crippen LogP contribution in [0.15, 0.2) is 53.4 Å². The molecule has 0 aliphatic carbocycles. The minimum Gasteiger partial charge on any atom is -0.364 e. The number of para-hydroxylation sites is 1. The lowest BCUT2D eigenvalue weighted by atomic mass is 10.2. The van der Waals surface area contributed by atoms with E-state index in [2.05, 4.69) is 15.8 Å². The molecule has 2 amide bonds. The predicted octanol–water partition coefficient (Wildman–Crippen LogP) is 1.59. The van der Waals surface area contributed by atoms with Gasteiger partial charge >= 0.3 is 0 Å². The third-order valence-electron chi connectivity index (χ3n) is 4.23. The molecule has 1 aromatic heterocycles. The Morgan fingerprint density at radius 3 is 2.45 bits per heavy atom. The smallest absolute Gasteiger partial charge is 0.264 e. The van der Waals surface area contributed by atoms with Gasteiger partial charge in [0.1, 0.15) is 11.6 Å². The lowest BCUT2D eigenvalue weighted by molar-refractivity contribution is -0.131. The molecule has 9 nitrogen and oxygen atoms in total. The second-order valence-electron chi connectivity index (χ2n) is 6.74. The fourth-order valence-corrected chi connectivity index (χ4v) is 4.64. The van der Waals surface area contributed by atoms with Crippen molar-refractivity contribution in [3.8, 4) is 0 Å². The van der Waals surface area contributed by atoms with Crippen LogP contribution in [0.25, 0.3) is 10.2 Å². The van der Waals surface area contributed by atoms with E-state index in [1.807, 2.05) is 31.2 Å². The Bertz CT molecular complexity index is 1140. The Hall–Kier alpha value is -2.86. The molecule has 0 spiro atoms. The van der Waals surface area contributed by atoms with E-state index in [0.29, 0.717) is 0 Å². The molecule has 3 rings (SSSR count). The maximum atomic E-state index is 12.5. The number of carbonyl (C=O) groups is 2. The zero-order chi connectivity index (χ0) is 22.4. The molecule has 11 heteroatoms. The number of fused-ring (bicyclic) bond motifs is 1. The summed E-state index contributed by atoms with van der Waals surface area (Å²) < 4.78 is 32.2. The molecule has 0 aliphatic rings. The number of aryl methyl sites for hydroxylation is 1. The van der Waals surface area contributed by atoms with Crippen LogP contribution >= 0.6 is 11.3 Å². The zero-order valence-electron chi connectivity index (χ0n) is 17.0. The van der Waals surface area contributed by atoms with Gasteiger partial charge in [-0.3, -0.25) is 20.4 Å². The van der Waals surface area contributed by atoms with Crippen LogP contribution in [0.2, 0.25) is 0 Å². The number of ether oxygens (including phenoxy) is 1. The van der Waals surface area contributed by atoms with E-state index in [1.54, 1.807) is 12.1 Å². The number of hydrogen-bond acceptors (Lipinski definition) is 7. The standard InChI is InChI=1S/C20H22N4O5S2/c1-14-7-9-15(10-8-14)31(27,28)24(2)11-18(25)22-23-19(26)12-29-13-20-21-16-5-3-4-6-17(16)30-20/h3-10H,11-13H2,1-2H3,(H,22,25)(H,23,26). The van der Waals surface area contributed by atoms with Gasteiger partial charge in [-0.1, -0.05) is 29.8 Å². The fourth-order valence-electron chi connectivity index (χ4n) is 2.61. The first-order valence-corrected chi connectivity index (χ1v) is 11.5. The van der Waals surface area contributed by atoms with Crippen LogP contribution in [0, 0.1) is 6.92 Å². The average molecular weight is 463 g/mol. The molecule has 0 bridgehead atoms. The van der Waals surface area contributed by atoms with Crippen LogP contribution in [-0.2, 0) is 31.0 Å². The van der Waals surface area contributed by atoms with Gasteiger partial charge in [-0.05, 0) is 31.2 Å². The monoisotopic (exact) mass is 462 g/mol. The van der Waals surface area contributed by atoms with Gasteiger partial charge in [-0.25, -0.2) is 13.4 Å². The highest BCUT2D eigenvalue weighted by atomic mass is 32.2. The Labute approximate surface area is 184 Å². The summed E-state index contributed by atoms with van der Waals surface area (Å²) in [6.45, 7) is 1.27. The summed E-state index contributed by atoms with van der Waals surface area (Å²) >= 11 is 1.48. The first-order valence-electron chi connectivity index (χ1n) is 9.28. The number of amides is 2. The van der Waals surface area contributed by atoms with E-state index in [1.165, 1.54) is 30.5 Å². The molecule has 31 heavy (non-hydrogen) atoms. The van der Waals surface area contributed by atoms with Crippen molar-refractivity contribution in [2.24, 2.45) is 0 Å². The number of nitrogens with one attached hydrogen (secondary N) is 2. The summed E-state index contributed by atoms with van der Waals surface area (Å²) in [4.78, 5) is 28.3. The van der Waals surface area contributed by atoms with Crippen molar-refractivity contribution in [1.29, 1.82) is 0 Å². The van der Waals surface area contributed by atoms with E-state index >= 15 is 0 Å². The van der Waals surface area contributed by atoms with Gasteiger partial charge in [0.25, 0.3) is 11.8 Å². The normalized spacial score (nSPS) is 11.6. The number of nitrogens with zero attached hydrogens (tertiary/aromatic N) is 2. The van der Waals surface area contributed by atoms with Gasteiger partial charge in [0.2, 0.25) is 10.0 Å². The second-order valence-corrected chi connectivity index (χ2v) is 9.90. The highest BCUT2D eigenvalue weighted by molar-refractivity contribution is 7.89. The van der Waals surface area contributed by atoms with Crippen molar-refractivity contribution in [2.45, 2.75) is 18.4 Å². The molecule has 0 aliphatic heterocycles. The zero-order valence-corrected chi connectivity index (χ0v) is 18.6. The topological polar surface area (TPSA) is 118 Å². The number of hydrogen-bond donors (Lipinski definition) is 2. The summed E-state index contributed by atoms with van der Waals surface area (Å²) in [6.07, 6.45) is 0. The van der Waals surface area contributed by atoms with Crippen molar-refractivity contribution in [1.82, 2.24) is 20.1 Å². The number of carbonyl (C=O) groups excluding carboxylic acids is 2. The summed E-state index contributed by atoms with van der Waals surface area (Å²) in [7, 11) is -2.53. The van der Waals surface area contributed by atoms with Gasteiger partial charge in [0.05, 0.1) is 28.3 Å². The van der Waals surface area contributed by atoms with Crippen molar-refractivity contribution in [2.75, 3.05) is 20.2 Å². The maximum absolute atomic E-state index is 12.5. The molecule has 0 atom stereocenters. The molecular formula is C20H22N4O5S2. The number of sulfonamides is 1. The lowest BCUT2D eigenvalue weighted by Crippen LogP contribution is -2.47. The molecule has 0 radical (unpaired) electrons. The van der Waals surface area contributed by atoms with Crippen molar-refractivity contribution in [3.63, 3.8) is 0 Å². The van der Waals surface area contributed by atoms with Gasteiger partial charge in [0, 0.05) is 7.05 Å². The fraction of sp³-hybridized carbons (Fsp3) is 0.250. The Kier molecular flexibility index (Phi) is 7.33. The highest BCUT2D eigenvalue weighted by Crippen LogP contribution is 2.21. The molecule has 0 saturated heterocycles. The molecule has 1 heterocycles. The Balaban J connectivity index is 1.41. The second kappa shape index (κ2) is 9.96. The van der Waals surface area contributed by atoms with Gasteiger partial charge < -0.3 is 4.74 Å². The summed E-state index contributed by atoms with van der Waals surface area (Å²) in [5.41, 5.74) is 6.17. The van der Waals surface area contributed by atoms with Crippen LogP contribution in [0.5, 0.6) is 0 Å². The predicted molar refractivity (Wildman–Crippen MR) is 117 cm³/mol. The van der Waals surface area contributed by atoms with Crippen LogP contribution in [0.1, 0.15) is 10.6 Å². The quantitative estimate of drug-likeness (QED) is 0.491. The maximum Gasteiger partial charge on any atom is 0.264 e. The lowest BCUT2D eigenvalue weighted by Gasteiger charge is -2.17. The number of thiazole rings is 1. The molecule has 2 N–H and O–H groups in total. The number of hydrazine groups is 1. The minimum absolute atomic E-state index is 0.0840. The molecule has 2 aromatic carbocycles. The highest BCUT2D eigenvalue weighted by Gasteiger charge is 2.23. The summed E-state index contributed by atoms with van der Waals surface area (Å²) in [6, 6.07) is 14.0. The molecule has 0 unspecified atom stereocenters. The summed E-state index contributed by atoms with van der Waals surface area (Å²) in [5, 5.41) is 0.737. The van der Waals surface area contributed by atoms with Crippen LogP contribution in [-0.4, -0.2) is 49.7 Å². The van der Waals surface area contributed by atoms with Crippen LogP contribution in [0.4, 0.5) is 0 Å². The van der Waals surface area contributed by atoms with Gasteiger partial charge in [0.15, 0.2) is 0 Å². The first-order chi connectivity index (χ1) is 14.8. The van der Waals surface area contributed by atoms with Crippen LogP contribution in [0.3, 0.4) is 0 Å².